The fourth-order valence-electron chi connectivity index (χ4n) is 1.89. The molecule has 5 nitrogen and oxygen atoms in total. The third-order valence-electron chi connectivity index (χ3n) is 2.79. The van der Waals surface area contributed by atoms with Crippen LogP contribution in [-0.4, -0.2) is 23.5 Å². The van der Waals surface area contributed by atoms with Crippen molar-refractivity contribution in [3.8, 4) is 0 Å². The van der Waals surface area contributed by atoms with Crippen molar-refractivity contribution in [1.82, 2.24) is 4.98 Å². The Morgan fingerprint density at radius 2 is 2.39 bits per heavy atom. The minimum atomic E-state index is -0.470. The molecule has 0 spiro atoms. The fourth-order valence-corrected chi connectivity index (χ4v) is 2.84. The van der Waals surface area contributed by atoms with Gasteiger partial charge in [0.15, 0.2) is 5.13 Å². The SMILES string of the molecule is CC(C)C[C@H](N)C(=O)Nc1nc2c(s1)COCC2. The third-order valence-corrected chi connectivity index (χ3v) is 3.77. The molecule has 1 aromatic heterocycles. The standard InChI is InChI=1S/C12H19N3O2S/c1-7(2)5-8(13)11(16)15-12-14-9-3-4-17-6-10(9)18-12/h7-8H,3-6,13H2,1-2H3,(H,14,15,16)/t8-/m0/s1. The Morgan fingerprint density at radius 3 is 3.06 bits per heavy atom. The van der Waals surface area contributed by atoms with Gasteiger partial charge in [-0.1, -0.05) is 25.2 Å². The number of rotatable bonds is 4. The summed E-state index contributed by atoms with van der Waals surface area (Å²) < 4.78 is 5.35. The third kappa shape index (κ3) is 3.28. The Labute approximate surface area is 111 Å². The van der Waals surface area contributed by atoms with Gasteiger partial charge in [0.2, 0.25) is 5.91 Å². The van der Waals surface area contributed by atoms with Gasteiger partial charge in [-0.25, -0.2) is 4.98 Å². The van der Waals surface area contributed by atoms with Crippen LogP contribution >= 0.6 is 11.3 Å². The number of ether oxygens (including phenoxy) is 1. The summed E-state index contributed by atoms with van der Waals surface area (Å²) in [7, 11) is 0. The van der Waals surface area contributed by atoms with Gasteiger partial charge in [-0.15, -0.1) is 0 Å². The summed E-state index contributed by atoms with van der Waals surface area (Å²) in [6, 6.07) is -0.470. The van der Waals surface area contributed by atoms with E-state index in [9.17, 15) is 4.79 Å². The largest absolute Gasteiger partial charge is 0.375 e. The van der Waals surface area contributed by atoms with Gasteiger partial charge in [0.1, 0.15) is 0 Å². The van der Waals surface area contributed by atoms with E-state index in [2.05, 4.69) is 10.3 Å². The van der Waals surface area contributed by atoms with Crippen LogP contribution in [0.3, 0.4) is 0 Å². The molecule has 100 valence electrons. The van der Waals surface area contributed by atoms with Gasteiger partial charge in [-0.2, -0.15) is 0 Å². The zero-order chi connectivity index (χ0) is 13.1. The fraction of sp³-hybridized carbons (Fsp3) is 0.667. The molecule has 2 rings (SSSR count). The molecule has 2 heterocycles. The monoisotopic (exact) mass is 269 g/mol. The van der Waals surface area contributed by atoms with Gasteiger partial charge in [0, 0.05) is 6.42 Å². The van der Waals surface area contributed by atoms with Crippen molar-refractivity contribution in [3.63, 3.8) is 0 Å². The second-order valence-corrected chi connectivity index (χ2v) is 6.00. The molecule has 1 aliphatic heterocycles. The van der Waals surface area contributed by atoms with Crippen molar-refractivity contribution in [1.29, 1.82) is 0 Å². The molecule has 0 bridgehead atoms. The normalized spacial score (nSPS) is 16.4. The summed E-state index contributed by atoms with van der Waals surface area (Å²) in [5, 5.41) is 3.43. The predicted molar refractivity (Wildman–Crippen MR) is 71.5 cm³/mol. The van der Waals surface area contributed by atoms with Crippen LogP contribution < -0.4 is 11.1 Å². The second-order valence-electron chi connectivity index (χ2n) is 4.92. The van der Waals surface area contributed by atoms with Gasteiger partial charge in [0.25, 0.3) is 0 Å². The van der Waals surface area contributed by atoms with Crippen molar-refractivity contribution in [3.05, 3.63) is 10.6 Å². The van der Waals surface area contributed by atoms with E-state index < -0.39 is 6.04 Å². The average Bonchev–Trinajstić information content (AvgIpc) is 2.69. The van der Waals surface area contributed by atoms with Gasteiger partial charge in [-0.3, -0.25) is 4.79 Å². The summed E-state index contributed by atoms with van der Waals surface area (Å²) in [4.78, 5) is 17.4. The van der Waals surface area contributed by atoms with E-state index in [-0.39, 0.29) is 5.91 Å². The maximum absolute atomic E-state index is 11.9. The molecule has 0 fully saturated rings. The first-order chi connectivity index (χ1) is 8.56. The topological polar surface area (TPSA) is 77.2 Å². The van der Waals surface area contributed by atoms with Gasteiger partial charge in [-0.05, 0) is 12.3 Å². The number of nitrogens with one attached hydrogen (secondary N) is 1. The smallest absolute Gasteiger partial charge is 0.243 e. The molecule has 1 atom stereocenters. The zero-order valence-corrected chi connectivity index (χ0v) is 11.5. The summed E-state index contributed by atoms with van der Waals surface area (Å²) in [6.45, 7) is 5.40. The highest BCUT2D eigenvalue weighted by Gasteiger charge is 2.19. The molecule has 0 aromatic carbocycles. The second kappa shape index (κ2) is 5.77. The molecule has 6 heteroatoms. The Hall–Kier alpha value is -0.980. The van der Waals surface area contributed by atoms with Gasteiger partial charge < -0.3 is 15.8 Å². The first-order valence-corrected chi connectivity index (χ1v) is 7.00. The minimum Gasteiger partial charge on any atom is -0.375 e. The molecular formula is C12H19N3O2S. The number of nitrogens with two attached hydrogens (primary N) is 1. The molecule has 0 aliphatic carbocycles. The van der Waals surface area contributed by atoms with E-state index in [1.54, 1.807) is 0 Å². The quantitative estimate of drug-likeness (QED) is 0.869. The number of carbonyl (C=O) groups is 1. The molecule has 1 amide bonds. The maximum Gasteiger partial charge on any atom is 0.243 e. The minimum absolute atomic E-state index is 0.157. The number of hydrogen-bond acceptors (Lipinski definition) is 5. The van der Waals surface area contributed by atoms with Crippen LogP contribution in [0.15, 0.2) is 0 Å². The summed E-state index contributed by atoms with van der Waals surface area (Å²) in [5.74, 6) is 0.249. The van der Waals surface area contributed by atoms with Gasteiger partial charge >= 0.3 is 0 Å². The maximum atomic E-state index is 11.9. The molecule has 18 heavy (non-hydrogen) atoms. The Morgan fingerprint density at radius 1 is 1.61 bits per heavy atom. The highest BCUT2D eigenvalue weighted by Crippen LogP contribution is 2.27. The highest BCUT2D eigenvalue weighted by atomic mass is 32.1. The van der Waals surface area contributed by atoms with Crippen molar-refractivity contribution in [2.75, 3.05) is 11.9 Å². The highest BCUT2D eigenvalue weighted by molar-refractivity contribution is 7.15. The van der Waals surface area contributed by atoms with Crippen LogP contribution in [0.1, 0.15) is 30.8 Å². The summed E-state index contributed by atoms with van der Waals surface area (Å²) in [6.07, 6.45) is 1.50. The Balaban J connectivity index is 1.96. The van der Waals surface area contributed by atoms with E-state index in [0.29, 0.717) is 30.7 Å². The van der Waals surface area contributed by atoms with E-state index in [0.717, 1.165) is 17.0 Å². The number of carbonyl (C=O) groups excluding carboxylic acids is 1. The van der Waals surface area contributed by atoms with Crippen LogP contribution in [0.2, 0.25) is 0 Å². The van der Waals surface area contributed by atoms with Crippen LogP contribution in [0.5, 0.6) is 0 Å². The number of aromatic nitrogens is 1. The average molecular weight is 269 g/mol. The Kier molecular flexibility index (Phi) is 4.31. The number of anilines is 1. The zero-order valence-electron chi connectivity index (χ0n) is 10.7. The molecule has 1 aromatic rings. The first kappa shape index (κ1) is 13.5. The van der Waals surface area contributed by atoms with Crippen LogP contribution in [-0.2, 0) is 22.6 Å². The van der Waals surface area contributed by atoms with Crippen LogP contribution in [0.25, 0.3) is 0 Å². The van der Waals surface area contributed by atoms with Crippen molar-refractivity contribution in [2.45, 2.75) is 39.3 Å². The van der Waals surface area contributed by atoms with Crippen molar-refractivity contribution < 1.29 is 9.53 Å². The first-order valence-electron chi connectivity index (χ1n) is 6.19. The van der Waals surface area contributed by atoms with Crippen LogP contribution in [0, 0.1) is 5.92 Å². The van der Waals surface area contributed by atoms with Crippen molar-refractivity contribution >= 4 is 22.4 Å². The van der Waals surface area contributed by atoms with Crippen LogP contribution in [0.4, 0.5) is 5.13 Å². The lowest BCUT2D eigenvalue weighted by Crippen LogP contribution is -2.36. The predicted octanol–water partition coefficient (Wildman–Crippen LogP) is 1.53. The van der Waals surface area contributed by atoms with E-state index in [4.69, 9.17) is 10.5 Å². The number of amides is 1. The number of thiazole rings is 1. The molecule has 1 aliphatic rings. The molecule has 0 radical (unpaired) electrons. The number of nitrogens with zero attached hydrogens (tertiary/aromatic N) is 1. The lowest BCUT2D eigenvalue weighted by molar-refractivity contribution is -0.117. The molecule has 0 saturated carbocycles. The molecule has 3 N–H and O–H groups in total. The Bertz CT molecular complexity index is 407. The van der Waals surface area contributed by atoms with E-state index in [1.807, 2.05) is 13.8 Å². The number of hydrogen-bond donors (Lipinski definition) is 2. The number of fused-ring (bicyclic) bond motifs is 1. The lowest BCUT2D eigenvalue weighted by Gasteiger charge is -2.12. The summed E-state index contributed by atoms with van der Waals surface area (Å²) >= 11 is 1.48. The summed E-state index contributed by atoms with van der Waals surface area (Å²) in [5.41, 5.74) is 6.87. The molecular weight excluding hydrogens is 250 g/mol. The van der Waals surface area contributed by atoms with Crippen molar-refractivity contribution in [2.24, 2.45) is 11.7 Å². The lowest BCUT2D eigenvalue weighted by atomic mass is 10.0. The van der Waals surface area contributed by atoms with E-state index in [1.165, 1.54) is 11.3 Å². The van der Waals surface area contributed by atoms with E-state index >= 15 is 0 Å². The molecule has 0 saturated heterocycles. The molecule has 0 unspecified atom stereocenters. The van der Waals surface area contributed by atoms with Gasteiger partial charge in [0.05, 0.1) is 29.8 Å².